The first-order valence-electron chi connectivity index (χ1n) is 13.5. The molecule has 222 valence electrons. The highest BCUT2D eigenvalue weighted by atomic mass is 16.2. The Morgan fingerprint density at radius 2 is 1.73 bits per heavy atom. The lowest BCUT2D eigenvalue weighted by Gasteiger charge is -2.36. The van der Waals surface area contributed by atoms with Gasteiger partial charge in [0.05, 0.1) is 12.1 Å². The van der Waals surface area contributed by atoms with Crippen molar-refractivity contribution in [2.75, 3.05) is 13.6 Å². The van der Waals surface area contributed by atoms with E-state index in [9.17, 15) is 24.0 Å². The Labute approximate surface area is 239 Å². The molecule has 1 aliphatic rings. The third-order valence-corrected chi connectivity index (χ3v) is 7.18. The van der Waals surface area contributed by atoms with Gasteiger partial charge in [-0.15, -0.1) is 0 Å². The van der Waals surface area contributed by atoms with Crippen molar-refractivity contribution >= 4 is 29.5 Å². The SMILES string of the molecule is CN[C@@H](C)C(=O)N[C@H](C(=O)N1C[C@@H](NC(=O)c2cc(C(N)=O)n[nH]2)C[C@H]1C(=O)N[C@H](C)c1ccccc1)C(C)(C)C. The first-order valence-corrected chi connectivity index (χ1v) is 13.5. The van der Waals surface area contributed by atoms with E-state index in [2.05, 4.69) is 31.5 Å². The molecule has 0 bridgehead atoms. The minimum atomic E-state index is -0.937. The van der Waals surface area contributed by atoms with Gasteiger partial charge in [0.15, 0.2) is 5.69 Å². The number of hydrogen-bond acceptors (Lipinski definition) is 7. The number of hydrogen-bond donors (Lipinski definition) is 6. The molecule has 3 rings (SSSR count). The lowest BCUT2D eigenvalue weighted by atomic mass is 9.85. The smallest absolute Gasteiger partial charge is 0.269 e. The summed E-state index contributed by atoms with van der Waals surface area (Å²) in [5.74, 6) is -2.52. The molecule has 13 nitrogen and oxygen atoms in total. The van der Waals surface area contributed by atoms with E-state index in [1.165, 1.54) is 11.0 Å². The van der Waals surface area contributed by atoms with Crippen molar-refractivity contribution in [3.63, 3.8) is 0 Å². The number of primary amides is 1. The monoisotopic (exact) mass is 568 g/mol. The van der Waals surface area contributed by atoms with Crippen LogP contribution in [0.2, 0.25) is 0 Å². The number of aromatic amines is 1. The largest absolute Gasteiger partial charge is 0.364 e. The molecule has 0 spiro atoms. The Bertz CT molecular complexity index is 1270. The van der Waals surface area contributed by atoms with Gasteiger partial charge in [0, 0.05) is 18.7 Å². The van der Waals surface area contributed by atoms with Gasteiger partial charge in [0.2, 0.25) is 17.7 Å². The van der Waals surface area contributed by atoms with E-state index in [1.54, 1.807) is 14.0 Å². The van der Waals surface area contributed by atoms with E-state index in [1.807, 2.05) is 58.0 Å². The molecule has 41 heavy (non-hydrogen) atoms. The fourth-order valence-corrected chi connectivity index (χ4v) is 4.61. The fourth-order valence-electron chi connectivity index (χ4n) is 4.61. The molecule has 0 radical (unpaired) electrons. The maximum absolute atomic E-state index is 14.0. The van der Waals surface area contributed by atoms with Crippen molar-refractivity contribution < 1.29 is 24.0 Å². The summed E-state index contributed by atoms with van der Waals surface area (Å²) < 4.78 is 0. The molecule has 1 aliphatic heterocycles. The van der Waals surface area contributed by atoms with E-state index >= 15 is 0 Å². The second kappa shape index (κ2) is 12.9. The zero-order valence-corrected chi connectivity index (χ0v) is 24.3. The maximum Gasteiger partial charge on any atom is 0.269 e. The van der Waals surface area contributed by atoms with Crippen LogP contribution in [0.25, 0.3) is 0 Å². The molecular formula is C28H40N8O5. The van der Waals surface area contributed by atoms with Gasteiger partial charge >= 0.3 is 0 Å². The van der Waals surface area contributed by atoms with Crippen LogP contribution in [0.15, 0.2) is 36.4 Å². The summed E-state index contributed by atoms with van der Waals surface area (Å²) in [5.41, 5.74) is 5.37. The van der Waals surface area contributed by atoms with Crippen LogP contribution in [0.5, 0.6) is 0 Å². The van der Waals surface area contributed by atoms with Gasteiger partial charge in [0.25, 0.3) is 11.8 Å². The van der Waals surface area contributed by atoms with Gasteiger partial charge < -0.3 is 31.9 Å². The van der Waals surface area contributed by atoms with Crippen LogP contribution in [-0.2, 0) is 14.4 Å². The molecule has 0 saturated carbocycles. The molecule has 1 fully saturated rings. The predicted molar refractivity (Wildman–Crippen MR) is 151 cm³/mol. The van der Waals surface area contributed by atoms with E-state index in [-0.39, 0.29) is 42.2 Å². The molecule has 13 heteroatoms. The molecule has 5 amide bonds. The normalized spacial score (nSPS) is 19.1. The highest BCUT2D eigenvalue weighted by Crippen LogP contribution is 2.27. The van der Waals surface area contributed by atoms with Crippen LogP contribution in [0, 0.1) is 5.41 Å². The number of likely N-dealkylation sites (tertiary alicyclic amines) is 1. The number of carbonyl (C=O) groups excluding carboxylic acids is 5. The first kappa shape index (κ1) is 31.3. The molecule has 0 unspecified atom stereocenters. The van der Waals surface area contributed by atoms with Gasteiger partial charge in [0.1, 0.15) is 17.8 Å². The molecular weight excluding hydrogens is 528 g/mol. The van der Waals surface area contributed by atoms with Crippen molar-refractivity contribution in [3.8, 4) is 0 Å². The van der Waals surface area contributed by atoms with Crippen molar-refractivity contribution in [3.05, 3.63) is 53.3 Å². The molecule has 1 saturated heterocycles. The van der Waals surface area contributed by atoms with Crippen LogP contribution >= 0.6 is 0 Å². The predicted octanol–water partition coefficient (Wildman–Crippen LogP) is 0.224. The highest BCUT2D eigenvalue weighted by molar-refractivity contribution is 5.98. The van der Waals surface area contributed by atoms with E-state index in [4.69, 9.17) is 5.73 Å². The van der Waals surface area contributed by atoms with Gasteiger partial charge in [-0.1, -0.05) is 51.1 Å². The van der Waals surface area contributed by atoms with Gasteiger partial charge in [-0.25, -0.2) is 0 Å². The van der Waals surface area contributed by atoms with Crippen molar-refractivity contribution in [1.29, 1.82) is 0 Å². The first-order chi connectivity index (χ1) is 19.2. The Balaban J connectivity index is 1.86. The number of H-pyrrole nitrogens is 1. The van der Waals surface area contributed by atoms with Gasteiger partial charge in [-0.05, 0) is 38.3 Å². The molecule has 7 N–H and O–H groups in total. The number of benzene rings is 1. The Hall–Kier alpha value is -4.26. The van der Waals surface area contributed by atoms with E-state index < -0.39 is 47.3 Å². The summed E-state index contributed by atoms with van der Waals surface area (Å²) in [7, 11) is 1.65. The van der Waals surface area contributed by atoms with E-state index in [0.717, 1.165) is 5.56 Å². The number of rotatable bonds is 10. The molecule has 5 atom stereocenters. The van der Waals surface area contributed by atoms with Gasteiger partial charge in [-0.3, -0.25) is 29.1 Å². The molecule has 0 aliphatic carbocycles. The zero-order valence-electron chi connectivity index (χ0n) is 24.3. The van der Waals surface area contributed by atoms with Crippen LogP contribution in [-0.4, -0.2) is 82.4 Å². The standard InChI is InChI=1S/C28H40N8O5/c1-15(17-10-8-7-9-11-17)31-26(40)21-12-18(32-25(39)20-13-19(23(29)37)34-35-20)14-36(21)27(41)22(28(3,4)5)33-24(38)16(2)30-6/h7-11,13,15-16,18,21-22,30H,12,14H2,1-6H3,(H2,29,37)(H,31,40)(H,32,39)(H,33,38)(H,34,35)/t15-,16+,18+,21+,22-/m1/s1. The summed E-state index contributed by atoms with van der Waals surface area (Å²) in [5, 5.41) is 17.7. The van der Waals surface area contributed by atoms with Crippen molar-refractivity contribution in [1.82, 2.24) is 36.4 Å². The van der Waals surface area contributed by atoms with Crippen LogP contribution < -0.4 is 27.0 Å². The molecule has 1 aromatic heterocycles. The number of nitrogens with one attached hydrogen (secondary N) is 5. The number of nitrogens with two attached hydrogens (primary N) is 1. The third-order valence-electron chi connectivity index (χ3n) is 7.18. The summed E-state index contributed by atoms with van der Waals surface area (Å²) in [6.07, 6.45) is 0.138. The average Bonchev–Trinajstić information content (AvgIpc) is 3.59. The minimum Gasteiger partial charge on any atom is -0.364 e. The topological polar surface area (TPSA) is 191 Å². The fraction of sp³-hybridized carbons (Fsp3) is 0.500. The highest BCUT2D eigenvalue weighted by Gasteiger charge is 2.45. The Morgan fingerprint density at radius 1 is 1.07 bits per heavy atom. The Morgan fingerprint density at radius 3 is 2.29 bits per heavy atom. The number of aromatic nitrogens is 2. The van der Waals surface area contributed by atoms with E-state index in [0.29, 0.717) is 0 Å². The lowest BCUT2D eigenvalue weighted by Crippen LogP contribution is -2.59. The minimum absolute atomic E-state index is 0.0168. The second-order valence-corrected chi connectivity index (χ2v) is 11.4. The van der Waals surface area contributed by atoms with Crippen molar-refractivity contribution in [2.45, 2.75) is 71.2 Å². The number of likely N-dealkylation sites (N-methyl/N-ethyl adjacent to an activating group) is 1. The number of carbonyl (C=O) groups is 5. The Kier molecular flexibility index (Phi) is 9.87. The maximum atomic E-state index is 14.0. The number of nitrogens with zero attached hydrogens (tertiary/aromatic N) is 2. The third kappa shape index (κ3) is 7.69. The summed E-state index contributed by atoms with van der Waals surface area (Å²) in [6, 6.07) is 7.33. The van der Waals surface area contributed by atoms with Crippen LogP contribution in [0.1, 0.15) is 73.6 Å². The quantitative estimate of drug-likeness (QED) is 0.236. The average molecular weight is 569 g/mol. The van der Waals surface area contributed by atoms with Crippen molar-refractivity contribution in [2.24, 2.45) is 11.1 Å². The second-order valence-electron chi connectivity index (χ2n) is 11.4. The summed E-state index contributed by atoms with van der Waals surface area (Å²) in [4.78, 5) is 66.1. The van der Waals surface area contributed by atoms with Gasteiger partial charge in [-0.2, -0.15) is 5.10 Å². The summed E-state index contributed by atoms with van der Waals surface area (Å²) in [6.45, 7) is 9.05. The lowest BCUT2D eigenvalue weighted by molar-refractivity contribution is -0.144. The molecule has 2 heterocycles. The van der Waals surface area contributed by atoms with Crippen LogP contribution in [0.4, 0.5) is 0 Å². The molecule has 1 aromatic carbocycles. The zero-order chi connectivity index (χ0) is 30.5. The number of amides is 5. The van der Waals surface area contributed by atoms with Crippen LogP contribution in [0.3, 0.4) is 0 Å². The molecule has 2 aromatic rings. The summed E-state index contributed by atoms with van der Waals surface area (Å²) >= 11 is 0.